The average molecular weight is 200 g/mol. The van der Waals surface area contributed by atoms with Gasteiger partial charge < -0.3 is 5.32 Å². The van der Waals surface area contributed by atoms with Gasteiger partial charge in [0.25, 0.3) is 0 Å². The molecule has 1 saturated carbocycles. The minimum atomic E-state index is 0.632. The summed E-state index contributed by atoms with van der Waals surface area (Å²) in [7, 11) is 0. The molecule has 1 aromatic rings. The molecule has 0 spiro atoms. The van der Waals surface area contributed by atoms with Crippen LogP contribution in [0.1, 0.15) is 30.9 Å². The minimum absolute atomic E-state index is 0.632. The maximum absolute atomic E-state index is 8.81. The Balaban J connectivity index is 2.04. The van der Waals surface area contributed by atoms with Gasteiger partial charge in [-0.25, -0.2) is 0 Å². The summed E-state index contributed by atoms with van der Waals surface area (Å²) in [4.78, 5) is 0. The summed E-state index contributed by atoms with van der Waals surface area (Å²) in [6.07, 6.45) is 2.53. The van der Waals surface area contributed by atoms with Crippen LogP contribution in [0.3, 0.4) is 0 Å². The summed E-state index contributed by atoms with van der Waals surface area (Å²) >= 11 is 0. The maximum Gasteiger partial charge on any atom is 0.0994 e. The molecule has 1 fully saturated rings. The van der Waals surface area contributed by atoms with Gasteiger partial charge in [0.15, 0.2) is 0 Å². The van der Waals surface area contributed by atoms with Crippen molar-refractivity contribution in [3.8, 4) is 6.07 Å². The number of nitrogens with zero attached hydrogens (tertiary/aromatic N) is 1. The Morgan fingerprint density at radius 1 is 1.40 bits per heavy atom. The lowest BCUT2D eigenvalue weighted by molar-refractivity contribution is 0.309. The summed E-state index contributed by atoms with van der Waals surface area (Å²) in [6, 6.07) is 8.76. The second-order valence-electron chi connectivity index (χ2n) is 4.56. The zero-order valence-electron chi connectivity index (χ0n) is 9.25. The van der Waals surface area contributed by atoms with E-state index in [9.17, 15) is 0 Å². The number of anilines is 1. The summed E-state index contributed by atoms with van der Waals surface area (Å²) in [5.41, 5.74) is 2.96. The van der Waals surface area contributed by atoms with Crippen LogP contribution in [0.15, 0.2) is 18.2 Å². The largest absolute Gasteiger partial charge is 0.382 e. The Kier molecular flexibility index (Phi) is 2.64. The third kappa shape index (κ3) is 2.12. The number of benzene rings is 1. The van der Waals surface area contributed by atoms with Crippen molar-refractivity contribution in [1.82, 2.24) is 0 Å². The van der Waals surface area contributed by atoms with Crippen LogP contribution in [0.5, 0.6) is 0 Å². The standard InChI is InChI=1S/C13H16N2/c1-9-5-13(6-9)15-12-4-3-11(8-14)10(2)7-12/h3-4,7,9,13,15H,5-6H2,1-2H3. The monoisotopic (exact) mass is 200 g/mol. The molecular weight excluding hydrogens is 184 g/mol. The lowest BCUT2D eigenvalue weighted by Gasteiger charge is -2.34. The highest BCUT2D eigenvalue weighted by Crippen LogP contribution is 2.29. The molecule has 2 heteroatoms. The topological polar surface area (TPSA) is 35.8 Å². The molecule has 0 amide bonds. The third-order valence-corrected chi connectivity index (χ3v) is 3.09. The number of aryl methyl sites for hydroxylation is 1. The number of rotatable bonds is 2. The lowest BCUT2D eigenvalue weighted by atomic mass is 9.82. The number of nitrogens with one attached hydrogen (secondary N) is 1. The number of nitriles is 1. The van der Waals surface area contributed by atoms with Crippen LogP contribution in [0.2, 0.25) is 0 Å². The van der Waals surface area contributed by atoms with Crippen molar-refractivity contribution in [1.29, 1.82) is 5.26 Å². The van der Waals surface area contributed by atoms with Crippen molar-refractivity contribution >= 4 is 5.69 Å². The van der Waals surface area contributed by atoms with Gasteiger partial charge in [0.2, 0.25) is 0 Å². The van der Waals surface area contributed by atoms with Crippen LogP contribution in [0.25, 0.3) is 0 Å². The van der Waals surface area contributed by atoms with Gasteiger partial charge in [-0.2, -0.15) is 5.26 Å². The molecule has 0 aromatic heterocycles. The molecule has 0 bridgehead atoms. The molecule has 2 nitrogen and oxygen atoms in total. The van der Waals surface area contributed by atoms with E-state index < -0.39 is 0 Å². The van der Waals surface area contributed by atoms with Crippen molar-refractivity contribution in [3.63, 3.8) is 0 Å². The number of hydrogen-bond donors (Lipinski definition) is 1. The molecule has 0 saturated heterocycles. The summed E-state index contributed by atoms with van der Waals surface area (Å²) < 4.78 is 0. The molecule has 78 valence electrons. The fraction of sp³-hybridized carbons (Fsp3) is 0.462. The quantitative estimate of drug-likeness (QED) is 0.796. The van der Waals surface area contributed by atoms with E-state index in [1.54, 1.807) is 0 Å². The second kappa shape index (κ2) is 3.94. The van der Waals surface area contributed by atoms with Gasteiger partial charge in [0, 0.05) is 11.7 Å². The van der Waals surface area contributed by atoms with Gasteiger partial charge in [-0.1, -0.05) is 6.92 Å². The van der Waals surface area contributed by atoms with Gasteiger partial charge in [-0.3, -0.25) is 0 Å². The van der Waals surface area contributed by atoms with E-state index in [2.05, 4.69) is 24.4 Å². The third-order valence-electron chi connectivity index (χ3n) is 3.09. The normalized spacial score (nSPS) is 24.1. The SMILES string of the molecule is Cc1cc(NC2CC(C)C2)ccc1C#N. The van der Waals surface area contributed by atoms with E-state index in [1.807, 2.05) is 19.1 Å². The van der Waals surface area contributed by atoms with Crippen molar-refractivity contribution in [2.45, 2.75) is 32.7 Å². The zero-order chi connectivity index (χ0) is 10.8. The van der Waals surface area contributed by atoms with E-state index >= 15 is 0 Å². The van der Waals surface area contributed by atoms with Crippen LogP contribution in [-0.4, -0.2) is 6.04 Å². The lowest BCUT2D eigenvalue weighted by Crippen LogP contribution is -2.33. The zero-order valence-corrected chi connectivity index (χ0v) is 9.25. The van der Waals surface area contributed by atoms with Crippen LogP contribution < -0.4 is 5.32 Å². The van der Waals surface area contributed by atoms with Crippen molar-refractivity contribution < 1.29 is 0 Å². The molecule has 15 heavy (non-hydrogen) atoms. The minimum Gasteiger partial charge on any atom is -0.382 e. The van der Waals surface area contributed by atoms with E-state index in [0.29, 0.717) is 6.04 Å². The second-order valence-corrected chi connectivity index (χ2v) is 4.56. The Morgan fingerprint density at radius 3 is 2.67 bits per heavy atom. The Labute approximate surface area is 90.9 Å². The van der Waals surface area contributed by atoms with E-state index in [0.717, 1.165) is 22.7 Å². The highest BCUT2D eigenvalue weighted by Gasteiger charge is 2.24. The fourth-order valence-corrected chi connectivity index (χ4v) is 2.13. The fourth-order valence-electron chi connectivity index (χ4n) is 2.13. The first kappa shape index (κ1) is 10.0. The smallest absolute Gasteiger partial charge is 0.0994 e. The molecule has 2 rings (SSSR count). The molecular formula is C13H16N2. The van der Waals surface area contributed by atoms with Gasteiger partial charge in [-0.05, 0) is 49.4 Å². The first-order valence-corrected chi connectivity index (χ1v) is 5.46. The molecule has 0 aliphatic heterocycles. The Bertz CT molecular complexity index is 397. The molecule has 0 unspecified atom stereocenters. The first-order chi connectivity index (χ1) is 7.19. The van der Waals surface area contributed by atoms with Crippen LogP contribution in [-0.2, 0) is 0 Å². The molecule has 1 N–H and O–H groups in total. The molecule has 1 aliphatic carbocycles. The van der Waals surface area contributed by atoms with Crippen molar-refractivity contribution in [2.24, 2.45) is 5.92 Å². The van der Waals surface area contributed by atoms with Crippen molar-refractivity contribution in [2.75, 3.05) is 5.32 Å². The van der Waals surface area contributed by atoms with E-state index in [1.165, 1.54) is 12.8 Å². The highest BCUT2D eigenvalue weighted by atomic mass is 14.9. The van der Waals surface area contributed by atoms with Crippen LogP contribution in [0.4, 0.5) is 5.69 Å². The highest BCUT2D eigenvalue weighted by molar-refractivity contribution is 5.52. The number of hydrogen-bond acceptors (Lipinski definition) is 2. The Morgan fingerprint density at radius 2 is 2.13 bits per heavy atom. The molecule has 0 heterocycles. The van der Waals surface area contributed by atoms with Gasteiger partial charge in [-0.15, -0.1) is 0 Å². The summed E-state index contributed by atoms with van der Waals surface area (Å²) in [6.45, 7) is 4.26. The molecule has 1 aromatic carbocycles. The van der Waals surface area contributed by atoms with Gasteiger partial charge >= 0.3 is 0 Å². The van der Waals surface area contributed by atoms with E-state index in [4.69, 9.17) is 5.26 Å². The van der Waals surface area contributed by atoms with Crippen LogP contribution >= 0.6 is 0 Å². The predicted octanol–water partition coefficient (Wildman–Crippen LogP) is 3.08. The van der Waals surface area contributed by atoms with Gasteiger partial charge in [0.05, 0.1) is 11.6 Å². The first-order valence-electron chi connectivity index (χ1n) is 5.46. The molecule has 0 radical (unpaired) electrons. The predicted molar refractivity (Wildman–Crippen MR) is 61.7 cm³/mol. The van der Waals surface area contributed by atoms with Crippen molar-refractivity contribution in [3.05, 3.63) is 29.3 Å². The summed E-state index contributed by atoms with van der Waals surface area (Å²) in [5.74, 6) is 0.863. The average Bonchev–Trinajstić information content (AvgIpc) is 2.16. The van der Waals surface area contributed by atoms with Crippen LogP contribution in [0, 0.1) is 24.2 Å². The molecule has 1 aliphatic rings. The molecule has 0 atom stereocenters. The maximum atomic E-state index is 8.81. The van der Waals surface area contributed by atoms with E-state index in [-0.39, 0.29) is 0 Å². The Hall–Kier alpha value is -1.49. The summed E-state index contributed by atoms with van der Waals surface area (Å²) in [5, 5.41) is 12.3. The van der Waals surface area contributed by atoms with Gasteiger partial charge in [0.1, 0.15) is 0 Å².